The number of thiocarbonyl (C=S) groups is 1. The predicted molar refractivity (Wildman–Crippen MR) is 134 cm³/mol. The van der Waals surface area contributed by atoms with Crippen LogP contribution < -0.4 is 15.0 Å². The Labute approximate surface area is 204 Å². The monoisotopic (exact) mass is 498 g/mol. The molecule has 0 saturated carbocycles. The number of amides is 2. The molecule has 0 aliphatic carbocycles. The number of anilines is 2. The Morgan fingerprint density at radius 2 is 1.85 bits per heavy atom. The molecule has 4 rings (SSSR count). The number of carbonyl (C=O) groups is 2. The van der Waals surface area contributed by atoms with E-state index in [2.05, 4.69) is 5.32 Å². The van der Waals surface area contributed by atoms with Crippen LogP contribution in [-0.4, -0.2) is 22.7 Å². The van der Waals surface area contributed by atoms with Crippen molar-refractivity contribution in [1.82, 2.24) is 0 Å². The lowest BCUT2D eigenvalue weighted by molar-refractivity contribution is -0.118. The van der Waals surface area contributed by atoms with Gasteiger partial charge in [0.2, 0.25) is 0 Å². The maximum Gasteiger partial charge on any atom is 0.270 e. The maximum atomic E-state index is 13.0. The quantitative estimate of drug-likeness (QED) is 0.338. The van der Waals surface area contributed by atoms with E-state index in [4.69, 9.17) is 28.6 Å². The van der Waals surface area contributed by atoms with Crippen molar-refractivity contribution in [3.05, 3.63) is 94.1 Å². The fraction of sp³-hybridized carbons (Fsp3) is 0.0417. The van der Waals surface area contributed by atoms with E-state index in [1.54, 1.807) is 24.3 Å². The number of ether oxygens (including phenoxy) is 1. The van der Waals surface area contributed by atoms with Crippen molar-refractivity contribution in [2.75, 3.05) is 16.8 Å². The highest BCUT2D eigenvalue weighted by Gasteiger charge is 2.33. The van der Waals surface area contributed by atoms with Crippen molar-refractivity contribution in [2.24, 2.45) is 0 Å². The molecule has 1 fully saturated rings. The number of carbonyl (C=O) groups excluding carboxylic acids is 2. The van der Waals surface area contributed by atoms with Gasteiger partial charge in [-0.15, -0.1) is 0 Å². The van der Waals surface area contributed by atoms with Gasteiger partial charge in [-0.3, -0.25) is 14.5 Å². The van der Waals surface area contributed by atoms with Crippen molar-refractivity contribution in [2.45, 2.75) is 0 Å². The highest BCUT2D eigenvalue weighted by atomic mass is 35.5. The van der Waals surface area contributed by atoms with Crippen molar-refractivity contribution in [3.63, 3.8) is 0 Å². The van der Waals surface area contributed by atoms with Crippen LogP contribution in [0.15, 0.2) is 77.7 Å². The van der Waals surface area contributed by atoms with Gasteiger partial charge in [-0.2, -0.15) is 0 Å². The van der Waals surface area contributed by atoms with Gasteiger partial charge < -0.3 is 10.1 Å². The maximum absolute atomic E-state index is 13.0. The molecule has 1 N–H and O–H groups in total. The molecule has 9 heteroatoms. The van der Waals surface area contributed by atoms with Gasteiger partial charge in [0.25, 0.3) is 11.8 Å². The smallest absolute Gasteiger partial charge is 0.270 e. The lowest BCUT2D eigenvalue weighted by Gasteiger charge is -2.13. The standard InChI is InChI=1S/C24H16ClFN2O3S2/c25-19-12-15(13-21-23(30)28(24(32)33-21)18-4-2-1-3-5-18)6-11-20(19)31-14-22(29)27-17-9-7-16(26)8-10-17/h1-13H,14H2,(H,27,29)/b21-13+. The normalized spacial score (nSPS) is 14.6. The lowest BCUT2D eigenvalue weighted by atomic mass is 10.2. The van der Waals surface area contributed by atoms with Crippen LogP contribution in [0.2, 0.25) is 5.02 Å². The number of halogens is 2. The summed E-state index contributed by atoms with van der Waals surface area (Å²) in [4.78, 5) is 26.9. The fourth-order valence-corrected chi connectivity index (χ4v) is 4.56. The van der Waals surface area contributed by atoms with E-state index in [-0.39, 0.29) is 17.5 Å². The Hall–Kier alpha value is -3.20. The second-order valence-corrected chi connectivity index (χ2v) is 8.97. The number of nitrogens with zero attached hydrogens (tertiary/aromatic N) is 1. The Balaban J connectivity index is 1.40. The van der Waals surface area contributed by atoms with Gasteiger partial charge >= 0.3 is 0 Å². The number of para-hydroxylation sites is 1. The number of rotatable bonds is 6. The van der Waals surface area contributed by atoms with Crippen LogP contribution in [0.4, 0.5) is 15.8 Å². The van der Waals surface area contributed by atoms with Crippen molar-refractivity contribution < 1.29 is 18.7 Å². The Bertz CT molecular complexity index is 1250. The van der Waals surface area contributed by atoms with Gasteiger partial charge in [0.05, 0.1) is 15.6 Å². The number of benzene rings is 3. The largest absolute Gasteiger partial charge is 0.482 e. The SMILES string of the molecule is O=C(COc1ccc(/C=C2/SC(=S)N(c3ccccc3)C2=O)cc1Cl)Nc1ccc(F)cc1. The number of thioether (sulfide) groups is 1. The molecule has 0 spiro atoms. The molecule has 0 aromatic heterocycles. The first-order valence-electron chi connectivity index (χ1n) is 9.71. The van der Waals surface area contributed by atoms with Gasteiger partial charge in [-0.1, -0.05) is 59.8 Å². The van der Waals surface area contributed by atoms with Crippen molar-refractivity contribution >= 4 is 69.2 Å². The zero-order chi connectivity index (χ0) is 23.4. The van der Waals surface area contributed by atoms with Crippen LogP contribution in [0.25, 0.3) is 6.08 Å². The second-order valence-electron chi connectivity index (χ2n) is 6.89. The summed E-state index contributed by atoms with van der Waals surface area (Å²) in [5.74, 6) is -0.685. The highest BCUT2D eigenvalue weighted by molar-refractivity contribution is 8.27. The summed E-state index contributed by atoms with van der Waals surface area (Å²) in [5, 5.41) is 2.89. The van der Waals surface area contributed by atoms with Crippen molar-refractivity contribution in [1.29, 1.82) is 0 Å². The summed E-state index contributed by atoms with van der Waals surface area (Å²) < 4.78 is 18.9. The third-order valence-electron chi connectivity index (χ3n) is 4.55. The van der Waals surface area contributed by atoms with E-state index in [1.807, 2.05) is 30.3 Å². The highest BCUT2D eigenvalue weighted by Crippen LogP contribution is 2.36. The molecular weight excluding hydrogens is 483 g/mol. The van der Waals surface area contributed by atoms with Crippen LogP contribution in [0.1, 0.15) is 5.56 Å². The minimum Gasteiger partial charge on any atom is -0.482 e. The topological polar surface area (TPSA) is 58.6 Å². The summed E-state index contributed by atoms with van der Waals surface area (Å²) in [6.45, 7) is -0.272. The minimum atomic E-state index is -0.411. The lowest BCUT2D eigenvalue weighted by Crippen LogP contribution is -2.27. The Kier molecular flexibility index (Phi) is 7.08. The predicted octanol–water partition coefficient (Wildman–Crippen LogP) is 5.90. The molecule has 0 unspecified atom stereocenters. The molecule has 0 radical (unpaired) electrons. The number of hydrogen-bond acceptors (Lipinski definition) is 5. The summed E-state index contributed by atoms with van der Waals surface area (Å²) >= 11 is 12.9. The summed E-state index contributed by atoms with van der Waals surface area (Å²) in [6, 6.07) is 19.6. The average molecular weight is 499 g/mol. The molecule has 5 nitrogen and oxygen atoms in total. The van der Waals surface area contributed by atoms with Gasteiger partial charge in [0.1, 0.15) is 11.6 Å². The van der Waals surface area contributed by atoms with Crippen LogP contribution in [-0.2, 0) is 9.59 Å². The van der Waals surface area contributed by atoms with E-state index in [0.29, 0.717) is 31.9 Å². The zero-order valence-electron chi connectivity index (χ0n) is 17.0. The molecule has 1 heterocycles. The fourth-order valence-electron chi connectivity index (χ4n) is 3.02. The molecule has 1 aliphatic rings. The molecule has 166 valence electrons. The molecule has 3 aromatic carbocycles. The zero-order valence-corrected chi connectivity index (χ0v) is 19.3. The van der Waals surface area contributed by atoms with Crippen molar-refractivity contribution in [3.8, 4) is 5.75 Å². The van der Waals surface area contributed by atoms with Crippen LogP contribution in [0, 0.1) is 5.82 Å². The van der Waals surface area contributed by atoms with Gasteiger partial charge in [-0.25, -0.2) is 4.39 Å². The Morgan fingerprint density at radius 3 is 2.55 bits per heavy atom. The van der Waals surface area contributed by atoms with Gasteiger partial charge in [0, 0.05) is 5.69 Å². The summed E-state index contributed by atoms with van der Waals surface area (Å²) in [5.41, 5.74) is 1.86. The summed E-state index contributed by atoms with van der Waals surface area (Å²) in [6.07, 6.45) is 1.71. The van der Waals surface area contributed by atoms with Crippen LogP contribution in [0.3, 0.4) is 0 Å². The second kappa shape index (κ2) is 10.2. The molecule has 0 bridgehead atoms. The molecule has 0 atom stereocenters. The van der Waals surface area contributed by atoms with E-state index < -0.39 is 11.7 Å². The van der Waals surface area contributed by atoms with Gasteiger partial charge in [-0.05, 0) is 60.2 Å². The average Bonchev–Trinajstić information content (AvgIpc) is 3.08. The molecule has 2 amide bonds. The first kappa shape index (κ1) is 23.0. The first-order chi connectivity index (χ1) is 15.9. The summed E-state index contributed by atoms with van der Waals surface area (Å²) in [7, 11) is 0. The van der Waals surface area contributed by atoms with Crippen LogP contribution >= 0.6 is 35.6 Å². The molecule has 1 saturated heterocycles. The molecule has 33 heavy (non-hydrogen) atoms. The van der Waals surface area contributed by atoms with Gasteiger partial charge in [0.15, 0.2) is 10.9 Å². The van der Waals surface area contributed by atoms with E-state index in [0.717, 1.165) is 0 Å². The molecule has 3 aromatic rings. The minimum absolute atomic E-state index is 0.204. The van der Waals surface area contributed by atoms with E-state index in [1.165, 1.54) is 40.9 Å². The van der Waals surface area contributed by atoms with Crippen LogP contribution in [0.5, 0.6) is 5.75 Å². The van der Waals surface area contributed by atoms with E-state index in [9.17, 15) is 14.0 Å². The third kappa shape index (κ3) is 5.60. The first-order valence-corrected chi connectivity index (χ1v) is 11.3. The Morgan fingerprint density at radius 1 is 1.12 bits per heavy atom. The molecule has 1 aliphatic heterocycles. The number of hydrogen-bond donors (Lipinski definition) is 1. The number of nitrogens with one attached hydrogen (secondary N) is 1. The molecular formula is C24H16ClFN2O3S2. The van der Waals surface area contributed by atoms with E-state index >= 15 is 0 Å². The third-order valence-corrected chi connectivity index (χ3v) is 6.15.